The van der Waals surface area contributed by atoms with Gasteiger partial charge in [-0.25, -0.2) is 4.98 Å². The monoisotopic (exact) mass is 285 g/mol. The molecule has 1 aromatic heterocycles. The fraction of sp³-hybridized carbons (Fsp3) is 0.471. The van der Waals surface area contributed by atoms with Gasteiger partial charge in [-0.1, -0.05) is 12.1 Å². The summed E-state index contributed by atoms with van der Waals surface area (Å²) in [7, 11) is 0. The molecule has 0 aliphatic carbocycles. The maximum atomic E-state index is 9.32. The molecule has 0 spiro atoms. The molecule has 1 aliphatic rings. The van der Waals surface area contributed by atoms with E-state index in [4.69, 9.17) is 0 Å². The minimum absolute atomic E-state index is 0.322. The van der Waals surface area contributed by atoms with Crippen molar-refractivity contribution in [2.75, 3.05) is 0 Å². The molecular formula is C17H23N3O. The van der Waals surface area contributed by atoms with E-state index in [1.807, 2.05) is 24.7 Å². The zero-order valence-electron chi connectivity index (χ0n) is 12.5. The lowest BCUT2D eigenvalue weighted by atomic mass is 9.97. The summed E-state index contributed by atoms with van der Waals surface area (Å²) in [6.45, 7) is 3.18. The highest BCUT2D eigenvalue weighted by Gasteiger charge is 2.21. The third-order valence-corrected chi connectivity index (χ3v) is 4.29. The summed E-state index contributed by atoms with van der Waals surface area (Å²) in [5.74, 6) is 0.322. The van der Waals surface area contributed by atoms with Crippen LogP contribution in [0.3, 0.4) is 0 Å². The second kappa shape index (κ2) is 6.31. The summed E-state index contributed by atoms with van der Waals surface area (Å²) < 4.78 is 2.25. The highest BCUT2D eigenvalue weighted by molar-refractivity contribution is 5.26. The van der Waals surface area contributed by atoms with Crippen LogP contribution in [0.15, 0.2) is 36.8 Å². The number of hydrogen-bond acceptors (Lipinski definition) is 3. The predicted octanol–water partition coefficient (Wildman–Crippen LogP) is 3.03. The Balaban J connectivity index is 1.66. The molecule has 2 unspecified atom stereocenters. The van der Waals surface area contributed by atoms with Gasteiger partial charge >= 0.3 is 0 Å². The van der Waals surface area contributed by atoms with Gasteiger partial charge in [-0.3, -0.25) is 0 Å². The second-order valence-corrected chi connectivity index (χ2v) is 5.98. The fourth-order valence-electron chi connectivity index (χ4n) is 3.09. The molecule has 1 saturated heterocycles. The lowest BCUT2D eigenvalue weighted by molar-refractivity contribution is 0.329. The Hall–Kier alpha value is -1.81. The maximum absolute atomic E-state index is 9.32. The summed E-state index contributed by atoms with van der Waals surface area (Å²) >= 11 is 0. The lowest BCUT2D eigenvalue weighted by Crippen LogP contribution is -2.35. The quantitative estimate of drug-likeness (QED) is 0.908. The van der Waals surface area contributed by atoms with Crippen molar-refractivity contribution in [1.29, 1.82) is 0 Å². The van der Waals surface area contributed by atoms with Crippen molar-refractivity contribution in [2.45, 2.75) is 51.2 Å². The van der Waals surface area contributed by atoms with Crippen LogP contribution < -0.4 is 5.32 Å². The van der Waals surface area contributed by atoms with E-state index >= 15 is 0 Å². The van der Waals surface area contributed by atoms with E-state index in [-0.39, 0.29) is 0 Å². The Morgan fingerprint density at radius 1 is 1.29 bits per heavy atom. The van der Waals surface area contributed by atoms with Gasteiger partial charge in [0.05, 0.1) is 12.0 Å². The minimum Gasteiger partial charge on any atom is -0.508 e. The van der Waals surface area contributed by atoms with Gasteiger partial charge in [-0.2, -0.15) is 0 Å². The van der Waals surface area contributed by atoms with Crippen LogP contribution in [0.2, 0.25) is 0 Å². The van der Waals surface area contributed by atoms with Crippen molar-refractivity contribution < 1.29 is 5.11 Å². The number of imidazole rings is 1. The molecule has 4 heteroatoms. The molecule has 3 rings (SSSR count). The van der Waals surface area contributed by atoms with Gasteiger partial charge in [0.2, 0.25) is 0 Å². The van der Waals surface area contributed by atoms with E-state index in [0.717, 1.165) is 13.0 Å². The summed E-state index contributed by atoms with van der Waals surface area (Å²) in [6, 6.07) is 8.46. The van der Waals surface area contributed by atoms with E-state index in [2.05, 4.69) is 21.8 Å². The number of benzene rings is 1. The van der Waals surface area contributed by atoms with Gasteiger partial charge in [-0.05, 0) is 50.3 Å². The SMILES string of the molecule is CC1CCCC(c2cncn2CCc2ccc(O)cc2)N1. The number of phenolic OH excluding ortho intramolecular Hbond substituents is 1. The number of nitrogens with one attached hydrogen (secondary N) is 1. The van der Waals surface area contributed by atoms with E-state index in [0.29, 0.717) is 17.8 Å². The predicted molar refractivity (Wildman–Crippen MR) is 83.2 cm³/mol. The van der Waals surface area contributed by atoms with Crippen molar-refractivity contribution >= 4 is 0 Å². The average Bonchev–Trinajstić information content (AvgIpc) is 2.95. The summed E-state index contributed by atoms with van der Waals surface area (Å²) in [5, 5.41) is 13.0. The van der Waals surface area contributed by atoms with Gasteiger partial charge in [0.25, 0.3) is 0 Å². The summed E-state index contributed by atoms with van der Waals surface area (Å²) in [4.78, 5) is 4.33. The first-order valence-corrected chi connectivity index (χ1v) is 7.76. The fourth-order valence-corrected chi connectivity index (χ4v) is 3.09. The van der Waals surface area contributed by atoms with Gasteiger partial charge in [0.15, 0.2) is 0 Å². The van der Waals surface area contributed by atoms with E-state index < -0.39 is 0 Å². The molecule has 1 aliphatic heterocycles. The molecule has 2 heterocycles. The van der Waals surface area contributed by atoms with Crippen molar-refractivity contribution in [3.63, 3.8) is 0 Å². The standard InChI is InChI=1S/C17H23N3O/c1-13-3-2-4-16(19-13)17-11-18-12-20(17)10-9-14-5-7-15(21)8-6-14/h5-8,11-13,16,19,21H,2-4,9-10H2,1H3. The highest BCUT2D eigenvalue weighted by atomic mass is 16.3. The molecule has 1 aromatic carbocycles. The van der Waals surface area contributed by atoms with Crippen LogP contribution in [0.5, 0.6) is 5.75 Å². The Bertz CT molecular complexity index is 576. The number of piperidine rings is 1. The Labute approximate surface area is 125 Å². The summed E-state index contributed by atoms with van der Waals surface area (Å²) in [6.07, 6.45) is 8.60. The first kappa shape index (κ1) is 14.1. The van der Waals surface area contributed by atoms with E-state index in [1.54, 1.807) is 12.1 Å². The molecule has 2 aromatic rings. The first-order chi connectivity index (χ1) is 10.2. The second-order valence-electron chi connectivity index (χ2n) is 5.98. The van der Waals surface area contributed by atoms with Crippen LogP contribution in [0.25, 0.3) is 0 Å². The number of aromatic hydroxyl groups is 1. The van der Waals surface area contributed by atoms with Crippen LogP contribution in [0.4, 0.5) is 0 Å². The molecule has 0 radical (unpaired) electrons. The summed E-state index contributed by atoms with van der Waals surface area (Å²) in [5.41, 5.74) is 2.53. The Morgan fingerprint density at radius 2 is 2.10 bits per heavy atom. The average molecular weight is 285 g/mol. The zero-order chi connectivity index (χ0) is 14.7. The number of nitrogens with zero attached hydrogens (tertiary/aromatic N) is 2. The van der Waals surface area contributed by atoms with Gasteiger partial charge in [0, 0.05) is 24.8 Å². The third kappa shape index (κ3) is 3.45. The van der Waals surface area contributed by atoms with Gasteiger partial charge in [-0.15, -0.1) is 0 Å². The molecule has 4 nitrogen and oxygen atoms in total. The zero-order valence-corrected chi connectivity index (χ0v) is 12.5. The first-order valence-electron chi connectivity index (χ1n) is 7.76. The van der Waals surface area contributed by atoms with Crippen molar-refractivity contribution in [3.05, 3.63) is 48.0 Å². The smallest absolute Gasteiger partial charge is 0.115 e. The van der Waals surface area contributed by atoms with Crippen molar-refractivity contribution in [1.82, 2.24) is 14.9 Å². The normalized spacial score (nSPS) is 22.3. The largest absolute Gasteiger partial charge is 0.508 e. The van der Waals surface area contributed by atoms with E-state index in [1.165, 1.54) is 30.5 Å². The molecule has 2 N–H and O–H groups in total. The molecular weight excluding hydrogens is 262 g/mol. The molecule has 112 valence electrons. The molecule has 1 fully saturated rings. The molecule has 2 atom stereocenters. The number of aryl methyl sites for hydroxylation is 2. The van der Waals surface area contributed by atoms with Crippen LogP contribution in [-0.2, 0) is 13.0 Å². The third-order valence-electron chi connectivity index (χ3n) is 4.29. The van der Waals surface area contributed by atoms with Crippen molar-refractivity contribution in [3.8, 4) is 5.75 Å². The van der Waals surface area contributed by atoms with Crippen LogP contribution in [0, 0.1) is 0 Å². The molecule has 0 amide bonds. The number of aromatic nitrogens is 2. The lowest BCUT2D eigenvalue weighted by Gasteiger charge is -2.29. The van der Waals surface area contributed by atoms with Crippen LogP contribution >= 0.6 is 0 Å². The van der Waals surface area contributed by atoms with Gasteiger partial charge in [0.1, 0.15) is 5.75 Å². The van der Waals surface area contributed by atoms with Crippen LogP contribution in [0.1, 0.15) is 43.5 Å². The van der Waals surface area contributed by atoms with Crippen molar-refractivity contribution in [2.24, 2.45) is 0 Å². The highest BCUT2D eigenvalue weighted by Crippen LogP contribution is 2.25. The van der Waals surface area contributed by atoms with Gasteiger partial charge < -0.3 is 15.0 Å². The number of rotatable bonds is 4. The molecule has 0 bridgehead atoms. The molecule has 0 saturated carbocycles. The topological polar surface area (TPSA) is 50.1 Å². The maximum Gasteiger partial charge on any atom is 0.115 e. The van der Waals surface area contributed by atoms with E-state index in [9.17, 15) is 5.11 Å². The Morgan fingerprint density at radius 3 is 2.86 bits per heavy atom. The number of hydrogen-bond donors (Lipinski definition) is 2. The number of phenols is 1. The molecule has 21 heavy (non-hydrogen) atoms. The minimum atomic E-state index is 0.322. The Kier molecular flexibility index (Phi) is 4.25. The van der Waals surface area contributed by atoms with Crippen LogP contribution in [-0.4, -0.2) is 20.7 Å².